The van der Waals surface area contributed by atoms with Crippen molar-refractivity contribution in [1.82, 2.24) is 9.88 Å². The SMILES string of the molecule is CCCCN(CCC)C(=O)c1cc(C)cc(OC[C@H](C)Nc2ccncc2)c1. The van der Waals surface area contributed by atoms with Gasteiger partial charge in [0.15, 0.2) is 0 Å². The van der Waals surface area contributed by atoms with Gasteiger partial charge in [-0.1, -0.05) is 20.3 Å². The molecule has 2 rings (SSSR count). The topological polar surface area (TPSA) is 54.5 Å². The number of aromatic nitrogens is 1. The van der Waals surface area contributed by atoms with E-state index in [9.17, 15) is 4.79 Å². The molecule has 5 heteroatoms. The molecule has 1 amide bonds. The zero-order chi connectivity index (χ0) is 20.4. The zero-order valence-corrected chi connectivity index (χ0v) is 17.6. The van der Waals surface area contributed by atoms with Crippen molar-refractivity contribution >= 4 is 11.6 Å². The number of hydrogen-bond donors (Lipinski definition) is 1. The predicted molar refractivity (Wildman–Crippen MR) is 115 cm³/mol. The number of unbranched alkanes of at least 4 members (excludes halogenated alkanes) is 1. The van der Waals surface area contributed by atoms with Crippen LogP contribution in [0.4, 0.5) is 5.69 Å². The molecule has 1 heterocycles. The number of nitrogens with one attached hydrogen (secondary N) is 1. The lowest BCUT2D eigenvalue weighted by atomic mass is 10.1. The summed E-state index contributed by atoms with van der Waals surface area (Å²) < 4.78 is 5.98. The van der Waals surface area contributed by atoms with Crippen molar-refractivity contribution < 1.29 is 9.53 Å². The third-order valence-corrected chi connectivity index (χ3v) is 4.45. The molecule has 0 aliphatic heterocycles. The molecule has 1 aromatic carbocycles. The van der Waals surface area contributed by atoms with E-state index in [4.69, 9.17) is 4.74 Å². The van der Waals surface area contributed by atoms with Crippen LogP contribution in [0.5, 0.6) is 5.75 Å². The van der Waals surface area contributed by atoms with E-state index in [0.717, 1.165) is 49.4 Å². The van der Waals surface area contributed by atoms with E-state index >= 15 is 0 Å². The van der Waals surface area contributed by atoms with Crippen LogP contribution in [0.3, 0.4) is 0 Å². The summed E-state index contributed by atoms with van der Waals surface area (Å²) >= 11 is 0. The van der Waals surface area contributed by atoms with Crippen LogP contribution in [-0.2, 0) is 0 Å². The Kier molecular flexibility index (Phi) is 8.79. The second-order valence-corrected chi connectivity index (χ2v) is 7.27. The number of pyridine rings is 1. The number of carbonyl (C=O) groups excluding carboxylic acids is 1. The smallest absolute Gasteiger partial charge is 0.253 e. The molecule has 28 heavy (non-hydrogen) atoms. The normalized spacial score (nSPS) is 11.7. The van der Waals surface area contributed by atoms with Crippen molar-refractivity contribution in [2.75, 3.05) is 25.0 Å². The largest absolute Gasteiger partial charge is 0.491 e. The summed E-state index contributed by atoms with van der Waals surface area (Å²) in [4.78, 5) is 19.0. The van der Waals surface area contributed by atoms with Crippen LogP contribution >= 0.6 is 0 Å². The van der Waals surface area contributed by atoms with Crippen LogP contribution < -0.4 is 10.1 Å². The average Bonchev–Trinajstić information content (AvgIpc) is 2.69. The van der Waals surface area contributed by atoms with Gasteiger partial charge >= 0.3 is 0 Å². The Labute approximate surface area is 169 Å². The molecule has 0 bridgehead atoms. The van der Waals surface area contributed by atoms with Crippen LogP contribution in [0, 0.1) is 6.92 Å². The summed E-state index contributed by atoms with van der Waals surface area (Å²) in [6.07, 6.45) is 6.59. The fraction of sp³-hybridized carbons (Fsp3) is 0.478. The van der Waals surface area contributed by atoms with Gasteiger partial charge in [-0.15, -0.1) is 0 Å². The Hall–Kier alpha value is -2.56. The van der Waals surface area contributed by atoms with Gasteiger partial charge < -0.3 is 15.0 Å². The first-order valence-corrected chi connectivity index (χ1v) is 10.2. The quantitative estimate of drug-likeness (QED) is 0.598. The molecule has 0 saturated heterocycles. The van der Waals surface area contributed by atoms with Crippen LogP contribution in [0.15, 0.2) is 42.7 Å². The molecule has 2 aromatic rings. The third-order valence-electron chi connectivity index (χ3n) is 4.45. The molecule has 0 saturated carbocycles. The van der Waals surface area contributed by atoms with Gasteiger partial charge in [0.1, 0.15) is 12.4 Å². The monoisotopic (exact) mass is 383 g/mol. The second kappa shape index (κ2) is 11.3. The van der Waals surface area contributed by atoms with Crippen molar-refractivity contribution in [3.63, 3.8) is 0 Å². The molecule has 1 N–H and O–H groups in total. The Morgan fingerprint density at radius 2 is 1.89 bits per heavy atom. The maximum atomic E-state index is 13.0. The number of carbonyl (C=O) groups is 1. The van der Waals surface area contributed by atoms with Crippen molar-refractivity contribution in [3.05, 3.63) is 53.9 Å². The number of nitrogens with zero attached hydrogens (tertiary/aromatic N) is 2. The first-order valence-electron chi connectivity index (χ1n) is 10.2. The van der Waals surface area contributed by atoms with E-state index in [2.05, 4.69) is 31.1 Å². The lowest BCUT2D eigenvalue weighted by Crippen LogP contribution is -2.32. The Bertz CT molecular complexity index is 734. The first-order chi connectivity index (χ1) is 13.5. The number of rotatable bonds is 11. The minimum absolute atomic E-state index is 0.0896. The van der Waals surface area contributed by atoms with E-state index < -0.39 is 0 Å². The molecule has 0 aliphatic carbocycles. The molecular weight excluding hydrogens is 350 g/mol. The summed E-state index contributed by atoms with van der Waals surface area (Å²) in [6.45, 7) is 10.4. The van der Waals surface area contributed by atoms with Gasteiger partial charge in [0.05, 0.1) is 6.04 Å². The number of aryl methyl sites for hydroxylation is 1. The lowest BCUT2D eigenvalue weighted by Gasteiger charge is -2.23. The summed E-state index contributed by atoms with van der Waals surface area (Å²) in [6, 6.07) is 9.78. The predicted octanol–water partition coefficient (Wildman–Crippen LogP) is 4.92. The second-order valence-electron chi connectivity index (χ2n) is 7.27. The van der Waals surface area contributed by atoms with Gasteiger partial charge in [0.25, 0.3) is 5.91 Å². The molecule has 0 radical (unpaired) electrons. The molecule has 0 unspecified atom stereocenters. The van der Waals surface area contributed by atoms with Crippen molar-refractivity contribution in [2.45, 2.75) is 53.0 Å². The van der Waals surface area contributed by atoms with Gasteiger partial charge in [0, 0.05) is 36.7 Å². The molecule has 0 aliphatic rings. The van der Waals surface area contributed by atoms with Crippen molar-refractivity contribution in [3.8, 4) is 5.75 Å². The summed E-state index contributed by atoms with van der Waals surface area (Å²) in [5.41, 5.74) is 2.74. The molecule has 0 fully saturated rings. The fourth-order valence-electron chi connectivity index (χ4n) is 3.07. The van der Waals surface area contributed by atoms with E-state index in [1.54, 1.807) is 12.4 Å². The van der Waals surface area contributed by atoms with Crippen LogP contribution in [-0.4, -0.2) is 41.5 Å². The maximum Gasteiger partial charge on any atom is 0.253 e. The standard InChI is InChI=1S/C23H33N3O2/c1-5-7-13-26(12-6-2)23(27)20-14-18(3)15-22(16-20)28-17-19(4)25-21-8-10-24-11-9-21/h8-11,14-16,19H,5-7,12-13,17H2,1-4H3,(H,24,25)/t19-/m0/s1. The lowest BCUT2D eigenvalue weighted by molar-refractivity contribution is 0.0752. The molecule has 1 atom stereocenters. The molecule has 1 aromatic heterocycles. The highest BCUT2D eigenvalue weighted by atomic mass is 16.5. The van der Waals surface area contributed by atoms with Crippen LogP contribution in [0.25, 0.3) is 0 Å². The van der Waals surface area contributed by atoms with Gasteiger partial charge in [-0.3, -0.25) is 9.78 Å². The third kappa shape index (κ3) is 6.87. The van der Waals surface area contributed by atoms with E-state index in [-0.39, 0.29) is 11.9 Å². The molecule has 0 spiro atoms. The first kappa shape index (κ1) is 21.7. The summed E-state index contributed by atoms with van der Waals surface area (Å²) in [5.74, 6) is 0.825. The number of benzene rings is 1. The maximum absolute atomic E-state index is 13.0. The van der Waals surface area contributed by atoms with Crippen LogP contribution in [0.1, 0.15) is 56.0 Å². The van der Waals surface area contributed by atoms with Crippen LogP contribution in [0.2, 0.25) is 0 Å². The summed E-state index contributed by atoms with van der Waals surface area (Å²) in [7, 11) is 0. The van der Waals surface area contributed by atoms with Gasteiger partial charge in [-0.25, -0.2) is 0 Å². The minimum atomic E-state index is 0.0896. The Balaban J connectivity index is 2.02. The Morgan fingerprint density at radius 3 is 2.57 bits per heavy atom. The number of anilines is 1. The van der Waals surface area contributed by atoms with Crippen molar-refractivity contribution in [2.24, 2.45) is 0 Å². The zero-order valence-electron chi connectivity index (χ0n) is 17.6. The van der Waals surface area contributed by atoms with E-state index in [1.807, 2.05) is 42.2 Å². The molecule has 152 valence electrons. The fourth-order valence-corrected chi connectivity index (χ4v) is 3.07. The number of hydrogen-bond acceptors (Lipinski definition) is 4. The Morgan fingerprint density at radius 1 is 1.14 bits per heavy atom. The van der Waals surface area contributed by atoms with E-state index in [1.165, 1.54) is 0 Å². The molecule has 5 nitrogen and oxygen atoms in total. The summed E-state index contributed by atoms with van der Waals surface area (Å²) in [5, 5.41) is 3.38. The van der Waals surface area contributed by atoms with Gasteiger partial charge in [-0.2, -0.15) is 0 Å². The highest BCUT2D eigenvalue weighted by Gasteiger charge is 2.16. The van der Waals surface area contributed by atoms with Gasteiger partial charge in [-0.05, 0) is 62.6 Å². The highest BCUT2D eigenvalue weighted by molar-refractivity contribution is 5.94. The average molecular weight is 384 g/mol. The molecular formula is C23H33N3O2. The highest BCUT2D eigenvalue weighted by Crippen LogP contribution is 2.19. The van der Waals surface area contributed by atoms with Gasteiger partial charge in [0.2, 0.25) is 0 Å². The minimum Gasteiger partial charge on any atom is -0.491 e. The number of ether oxygens (including phenoxy) is 1. The number of amides is 1. The van der Waals surface area contributed by atoms with E-state index in [0.29, 0.717) is 12.2 Å². The van der Waals surface area contributed by atoms with Crippen molar-refractivity contribution in [1.29, 1.82) is 0 Å².